The Morgan fingerprint density at radius 2 is 1.54 bits per heavy atom. The van der Waals surface area contributed by atoms with Crippen LogP contribution in [0.25, 0.3) is 0 Å². The maximum atomic E-state index is 13.5. The van der Waals surface area contributed by atoms with Gasteiger partial charge in [0, 0.05) is 0 Å². The van der Waals surface area contributed by atoms with Crippen LogP contribution in [0.15, 0.2) is 0 Å². The molecule has 1 aliphatic heterocycles. The Labute approximate surface area is 79.1 Å². The molecule has 0 aromatic carbocycles. The first kappa shape index (κ1) is 10.9. The zero-order valence-electron chi connectivity index (χ0n) is 8.70. The van der Waals surface area contributed by atoms with E-state index in [0.29, 0.717) is 0 Å². The number of halogens is 1. The van der Waals surface area contributed by atoms with Crippen molar-refractivity contribution in [2.24, 2.45) is 11.8 Å². The second-order valence-corrected chi connectivity index (χ2v) is 4.49. The van der Waals surface area contributed by atoms with Crippen molar-refractivity contribution in [3.63, 3.8) is 0 Å². The van der Waals surface area contributed by atoms with E-state index >= 15 is 0 Å². The first-order chi connectivity index (χ1) is 5.95. The van der Waals surface area contributed by atoms with Crippen LogP contribution >= 0.6 is 0 Å². The molecule has 1 heterocycles. The van der Waals surface area contributed by atoms with Gasteiger partial charge in [-0.25, -0.2) is 4.39 Å². The zero-order valence-corrected chi connectivity index (χ0v) is 8.70. The Morgan fingerprint density at radius 1 is 1.08 bits per heavy atom. The van der Waals surface area contributed by atoms with Gasteiger partial charge in [0.05, 0.1) is 12.2 Å². The molecule has 0 spiro atoms. The van der Waals surface area contributed by atoms with E-state index in [1.807, 2.05) is 27.7 Å². The third-order valence-electron chi connectivity index (χ3n) is 2.61. The summed E-state index contributed by atoms with van der Waals surface area (Å²) in [5.41, 5.74) is 0. The molecule has 0 saturated carbocycles. The quantitative estimate of drug-likeness (QED) is 0.719. The van der Waals surface area contributed by atoms with Gasteiger partial charge in [-0.2, -0.15) is 0 Å². The van der Waals surface area contributed by atoms with E-state index in [1.54, 1.807) is 0 Å². The minimum absolute atomic E-state index is 0.119. The van der Waals surface area contributed by atoms with Gasteiger partial charge in [0.15, 0.2) is 6.17 Å². The Bertz CT molecular complexity index is 152. The third kappa shape index (κ3) is 2.02. The van der Waals surface area contributed by atoms with Gasteiger partial charge in [-0.15, -0.1) is 0 Å². The summed E-state index contributed by atoms with van der Waals surface area (Å²) in [5.74, 6) is 0.283. The topological polar surface area (TPSA) is 29.5 Å². The van der Waals surface area contributed by atoms with Crippen LogP contribution in [0, 0.1) is 11.8 Å². The maximum Gasteiger partial charge on any atom is 0.155 e. The van der Waals surface area contributed by atoms with Crippen LogP contribution in [0.3, 0.4) is 0 Å². The third-order valence-corrected chi connectivity index (χ3v) is 2.61. The number of alkyl halides is 1. The molecular formula is C10H19FO2. The lowest BCUT2D eigenvalue weighted by Crippen LogP contribution is -2.32. The molecule has 1 aliphatic rings. The number of hydrogen-bond acceptors (Lipinski definition) is 2. The lowest BCUT2D eigenvalue weighted by atomic mass is 9.97. The van der Waals surface area contributed by atoms with Crippen LogP contribution in [-0.2, 0) is 4.74 Å². The van der Waals surface area contributed by atoms with Crippen LogP contribution < -0.4 is 0 Å². The summed E-state index contributed by atoms with van der Waals surface area (Å²) >= 11 is 0. The van der Waals surface area contributed by atoms with E-state index in [4.69, 9.17) is 4.74 Å². The first-order valence-corrected chi connectivity index (χ1v) is 4.92. The van der Waals surface area contributed by atoms with Crippen molar-refractivity contribution in [3.8, 4) is 0 Å². The van der Waals surface area contributed by atoms with Gasteiger partial charge in [0.2, 0.25) is 0 Å². The molecule has 2 nitrogen and oxygen atoms in total. The van der Waals surface area contributed by atoms with Gasteiger partial charge in [-0.3, -0.25) is 0 Å². The van der Waals surface area contributed by atoms with E-state index in [2.05, 4.69) is 0 Å². The van der Waals surface area contributed by atoms with Crippen LogP contribution in [0.1, 0.15) is 27.7 Å². The van der Waals surface area contributed by atoms with Gasteiger partial charge in [-0.1, -0.05) is 27.7 Å². The fourth-order valence-electron chi connectivity index (χ4n) is 1.79. The average Bonchev–Trinajstić information content (AvgIpc) is 2.29. The van der Waals surface area contributed by atoms with Crippen LogP contribution in [0.2, 0.25) is 0 Å². The molecule has 78 valence electrons. The van der Waals surface area contributed by atoms with Gasteiger partial charge in [0.1, 0.15) is 6.10 Å². The molecule has 0 aliphatic carbocycles. The fraction of sp³-hybridized carbons (Fsp3) is 1.00. The molecule has 1 N–H and O–H groups in total. The lowest BCUT2D eigenvalue weighted by molar-refractivity contribution is -0.0310. The standard InChI is InChI=1S/C10H19FO2/c1-5(2)9-7(11)8(12)10(13-9)6(3)4/h5-10,12H,1-4H3/t7-,8+,9+,10-/m0/s1. The second kappa shape index (κ2) is 3.93. The molecule has 4 atom stereocenters. The number of hydrogen-bond donors (Lipinski definition) is 1. The molecule has 3 heteroatoms. The highest BCUT2D eigenvalue weighted by atomic mass is 19.1. The monoisotopic (exact) mass is 190 g/mol. The fourth-order valence-corrected chi connectivity index (χ4v) is 1.79. The molecule has 0 aromatic heterocycles. The second-order valence-electron chi connectivity index (χ2n) is 4.49. The minimum atomic E-state index is -1.23. The van der Waals surface area contributed by atoms with Crippen molar-refractivity contribution in [1.29, 1.82) is 0 Å². The molecule has 0 bridgehead atoms. The molecule has 0 amide bonds. The molecular weight excluding hydrogens is 171 g/mol. The van der Waals surface area contributed by atoms with E-state index < -0.39 is 18.4 Å². The lowest BCUT2D eigenvalue weighted by Gasteiger charge is -2.18. The largest absolute Gasteiger partial charge is 0.387 e. The summed E-state index contributed by atoms with van der Waals surface area (Å²) in [5, 5.41) is 9.55. The number of aliphatic hydroxyl groups excluding tert-OH is 1. The Morgan fingerprint density at radius 3 is 1.77 bits per heavy atom. The Balaban J connectivity index is 2.66. The Kier molecular flexibility index (Phi) is 3.30. The molecule has 1 saturated heterocycles. The van der Waals surface area contributed by atoms with Crippen molar-refractivity contribution in [1.82, 2.24) is 0 Å². The Hall–Kier alpha value is -0.150. The predicted octanol–water partition coefficient (Wildman–Crippen LogP) is 1.76. The summed E-state index contributed by atoms with van der Waals surface area (Å²) in [4.78, 5) is 0. The van der Waals surface area contributed by atoms with Crippen LogP contribution in [0.5, 0.6) is 0 Å². The summed E-state index contributed by atoms with van der Waals surface area (Å²) in [6.07, 6.45) is -2.97. The zero-order chi connectivity index (χ0) is 10.2. The van der Waals surface area contributed by atoms with Crippen molar-refractivity contribution in [2.75, 3.05) is 0 Å². The molecule has 0 radical (unpaired) electrons. The van der Waals surface area contributed by atoms with Gasteiger partial charge < -0.3 is 9.84 Å². The van der Waals surface area contributed by atoms with E-state index in [1.165, 1.54) is 0 Å². The SMILES string of the molecule is CC(C)[C@H]1O[C@@H](C(C)C)[C@H](O)[C@@H]1F. The number of ether oxygens (including phenoxy) is 1. The highest BCUT2D eigenvalue weighted by Crippen LogP contribution is 2.32. The number of rotatable bonds is 2. The minimum Gasteiger partial charge on any atom is -0.387 e. The molecule has 0 unspecified atom stereocenters. The highest BCUT2D eigenvalue weighted by Gasteiger charge is 2.46. The van der Waals surface area contributed by atoms with Gasteiger partial charge in [-0.05, 0) is 11.8 Å². The van der Waals surface area contributed by atoms with E-state index in [-0.39, 0.29) is 17.9 Å². The van der Waals surface area contributed by atoms with Gasteiger partial charge in [0.25, 0.3) is 0 Å². The van der Waals surface area contributed by atoms with E-state index in [0.717, 1.165) is 0 Å². The summed E-state index contributed by atoms with van der Waals surface area (Å²) in [6, 6.07) is 0. The molecule has 1 rings (SSSR count). The average molecular weight is 190 g/mol. The highest BCUT2D eigenvalue weighted by molar-refractivity contribution is 4.93. The summed E-state index contributed by atoms with van der Waals surface area (Å²) in [7, 11) is 0. The molecule has 0 aromatic rings. The molecule has 13 heavy (non-hydrogen) atoms. The number of aliphatic hydroxyl groups is 1. The van der Waals surface area contributed by atoms with Crippen molar-refractivity contribution >= 4 is 0 Å². The van der Waals surface area contributed by atoms with Crippen molar-refractivity contribution in [2.45, 2.75) is 52.2 Å². The smallest absolute Gasteiger partial charge is 0.155 e. The predicted molar refractivity (Wildman–Crippen MR) is 49.2 cm³/mol. The summed E-state index contributed by atoms with van der Waals surface area (Å²) in [6.45, 7) is 7.69. The van der Waals surface area contributed by atoms with E-state index in [9.17, 15) is 9.50 Å². The van der Waals surface area contributed by atoms with Crippen LogP contribution in [-0.4, -0.2) is 29.6 Å². The summed E-state index contributed by atoms with van der Waals surface area (Å²) < 4.78 is 19.0. The van der Waals surface area contributed by atoms with Gasteiger partial charge >= 0.3 is 0 Å². The normalized spacial score (nSPS) is 40.6. The first-order valence-electron chi connectivity index (χ1n) is 4.92. The molecule has 1 fully saturated rings. The van der Waals surface area contributed by atoms with Crippen molar-refractivity contribution < 1.29 is 14.2 Å². The van der Waals surface area contributed by atoms with Crippen molar-refractivity contribution in [3.05, 3.63) is 0 Å². The maximum absolute atomic E-state index is 13.5. The van der Waals surface area contributed by atoms with Crippen LogP contribution in [0.4, 0.5) is 4.39 Å².